The van der Waals surface area contributed by atoms with E-state index in [4.69, 9.17) is 18.5 Å². The van der Waals surface area contributed by atoms with Crippen molar-refractivity contribution in [2.24, 2.45) is 0 Å². The van der Waals surface area contributed by atoms with Crippen LogP contribution in [0.25, 0.3) is 0 Å². The van der Waals surface area contributed by atoms with Crippen LogP contribution >= 0.6 is 7.82 Å². The Morgan fingerprint density at radius 2 is 0.875 bits per heavy atom. The van der Waals surface area contributed by atoms with E-state index in [2.05, 4.69) is 62.5 Å². The third kappa shape index (κ3) is 49.2. The van der Waals surface area contributed by atoms with E-state index >= 15 is 0 Å². The Bertz CT molecular complexity index is 1270. The van der Waals surface area contributed by atoms with E-state index in [9.17, 15) is 19.0 Å². The molecule has 0 aliphatic carbocycles. The highest BCUT2D eigenvalue weighted by Gasteiger charge is 2.21. The van der Waals surface area contributed by atoms with Gasteiger partial charge in [-0.15, -0.1) is 0 Å². The molecular weight excluding hydrogens is 822 g/mol. The number of likely N-dealkylation sites (N-methyl/N-ethyl adjacent to an activating group) is 1. The summed E-state index contributed by atoms with van der Waals surface area (Å²) in [4.78, 5) is 37.7. The highest BCUT2D eigenvalue weighted by molar-refractivity contribution is 7.45. The Kier molecular flexibility index (Phi) is 44.2. The summed E-state index contributed by atoms with van der Waals surface area (Å²) in [6.07, 6.45) is 57.0. The summed E-state index contributed by atoms with van der Waals surface area (Å²) in [6.45, 7) is 4.14. The maximum absolute atomic E-state index is 12.7. The van der Waals surface area contributed by atoms with E-state index in [1.54, 1.807) is 0 Å². The van der Waals surface area contributed by atoms with Gasteiger partial charge in [-0.25, -0.2) is 0 Å². The molecule has 0 N–H and O–H groups in total. The van der Waals surface area contributed by atoms with Gasteiger partial charge in [-0.2, -0.15) is 0 Å². The standard InChI is InChI=1S/C54H98NO8P/c1-6-8-10-12-14-16-18-20-22-24-26-27-29-30-32-34-36-38-40-42-44-46-53(56)60-50-52(51-62-64(58,59)61-49-48-55(3,4)5)63-54(57)47-45-43-41-39-37-35-33-31-28-25-23-21-19-17-15-13-11-9-7-2/h15,17,21,23,28,31,35,37,41,43,52H,6-14,16,18-20,22,24-27,29-30,32-34,36,38-40,42,44-51H2,1-5H3/b17-15-,23-21-,31-28-,37-35-,43-41-/t52-/m1/s1. The van der Waals surface area contributed by atoms with Crippen LogP contribution in [0.15, 0.2) is 60.8 Å². The number of hydrogen-bond acceptors (Lipinski definition) is 8. The fourth-order valence-corrected chi connectivity index (χ4v) is 7.72. The second kappa shape index (κ2) is 45.8. The summed E-state index contributed by atoms with van der Waals surface area (Å²) in [6, 6.07) is 0. The molecule has 0 spiro atoms. The van der Waals surface area contributed by atoms with Crippen molar-refractivity contribution in [3.05, 3.63) is 60.8 Å². The summed E-state index contributed by atoms with van der Waals surface area (Å²) >= 11 is 0. The van der Waals surface area contributed by atoms with Gasteiger partial charge in [-0.1, -0.05) is 216 Å². The van der Waals surface area contributed by atoms with Crippen LogP contribution in [0, 0.1) is 0 Å². The molecule has 0 aromatic rings. The number of nitrogens with zero attached hydrogens (tertiary/aromatic N) is 1. The maximum atomic E-state index is 12.7. The average Bonchev–Trinajstić information content (AvgIpc) is 3.25. The lowest BCUT2D eigenvalue weighted by Crippen LogP contribution is -2.37. The number of rotatable bonds is 47. The second-order valence-corrected chi connectivity index (χ2v) is 20.0. The summed E-state index contributed by atoms with van der Waals surface area (Å²) < 4.78 is 33.9. The van der Waals surface area contributed by atoms with E-state index in [0.29, 0.717) is 17.4 Å². The van der Waals surface area contributed by atoms with E-state index in [0.717, 1.165) is 44.9 Å². The van der Waals surface area contributed by atoms with Gasteiger partial charge < -0.3 is 27.9 Å². The van der Waals surface area contributed by atoms with Crippen LogP contribution in [0.2, 0.25) is 0 Å². The van der Waals surface area contributed by atoms with E-state index in [-0.39, 0.29) is 26.1 Å². The predicted octanol–water partition coefficient (Wildman–Crippen LogP) is 15.0. The van der Waals surface area contributed by atoms with Gasteiger partial charge in [-0.05, 0) is 51.4 Å². The molecule has 0 aliphatic rings. The van der Waals surface area contributed by atoms with Crippen molar-refractivity contribution < 1.29 is 42.1 Å². The van der Waals surface area contributed by atoms with Crippen molar-refractivity contribution in [3.63, 3.8) is 0 Å². The fraction of sp³-hybridized carbons (Fsp3) is 0.778. The fourth-order valence-electron chi connectivity index (χ4n) is 6.99. The van der Waals surface area contributed by atoms with Gasteiger partial charge in [0.2, 0.25) is 0 Å². The third-order valence-electron chi connectivity index (χ3n) is 11.1. The molecule has 0 amide bonds. The van der Waals surface area contributed by atoms with Crippen molar-refractivity contribution in [1.29, 1.82) is 0 Å². The van der Waals surface area contributed by atoms with E-state index in [1.165, 1.54) is 141 Å². The van der Waals surface area contributed by atoms with Crippen molar-refractivity contribution in [2.75, 3.05) is 47.5 Å². The van der Waals surface area contributed by atoms with Crippen LogP contribution in [0.4, 0.5) is 0 Å². The minimum Gasteiger partial charge on any atom is -0.756 e. The number of phosphoric acid groups is 1. The molecule has 1 unspecified atom stereocenters. The lowest BCUT2D eigenvalue weighted by Gasteiger charge is -2.28. The number of unbranched alkanes of at least 4 members (excludes halogenated alkanes) is 23. The zero-order chi connectivity index (χ0) is 47.1. The van der Waals surface area contributed by atoms with Crippen molar-refractivity contribution in [3.8, 4) is 0 Å². The topological polar surface area (TPSA) is 111 Å². The number of carbonyl (C=O) groups is 2. The number of quaternary nitrogens is 1. The monoisotopic (exact) mass is 920 g/mol. The number of phosphoric ester groups is 1. The zero-order valence-electron chi connectivity index (χ0n) is 42.0. The Morgan fingerprint density at radius 1 is 0.484 bits per heavy atom. The molecule has 0 bridgehead atoms. The number of allylic oxidation sites excluding steroid dienone is 10. The smallest absolute Gasteiger partial charge is 0.306 e. The molecule has 9 nitrogen and oxygen atoms in total. The quantitative estimate of drug-likeness (QED) is 0.0195. The largest absolute Gasteiger partial charge is 0.756 e. The Morgan fingerprint density at radius 3 is 1.31 bits per heavy atom. The third-order valence-corrected chi connectivity index (χ3v) is 12.0. The Hall–Kier alpha value is -2.29. The summed E-state index contributed by atoms with van der Waals surface area (Å²) in [7, 11) is 1.12. The second-order valence-electron chi connectivity index (χ2n) is 18.5. The first kappa shape index (κ1) is 61.7. The van der Waals surface area contributed by atoms with Gasteiger partial charge >= 0.3 is 11.9 Å². The average molecular weight is 920 g/mol. The molecule has 0 saturated heterocycles. The lowest BCUT2D eigenvalue weighted by atomic mass is 10.0. The van der Waals surface area contributed by atoms with Crippen LogP contribution < -0.4 is 4.89 Å². The summed E-state index contributed by atoms with van der Waals surface area (Å²) in [5, 5.41) is 0. The van der Waals surface area contributed by atoms with Crippen LogP contribution in [0.5, 0.6) is 0 Å². The molecule has 372 valence electrons. The van der Waals surface area contributed by atoms with Gasteiger partial charge in [0.25, 0.3) is 7.82 Å². The molecule has 0 aromatic heterocycles. The molecule has 0 aromatic carbocycles. The molecule has 0 aliphatic heterocycles. The molecule has 0 saturated carbocycles. The molecule has 0 radical (unpaired) electrons. The molecule has 0 fully saturated rings. The van der Waals surface area contributed by atoms with E-state index in [1.807, 2.05) is 33.3 Å². The Balaban J connectivity index is 4.33. The Labute approximate surface area is 394 Å². The minimum absolute atomic E-state index is 0.0450. The maximum Gasteiger partial charge on any atom is 0.306 e. The lowest BCUT2D eigenvalue weighted by molar-refractivity contribution is -0.870. The molecule has 2 atom stereocenters. The van der Waals surface area contributed by atoms with Gasteiger partial charge in [0.1, 0.15) is 19.8 Å². The minimum atomic E-state index is -4.65. The normalized spacial score (nSPS) is 13.9. The van der Waals surface area contributed by atoms with E-state index < -0.39 is 32.5 Å². The van der Waals surface area contributed by atoms with Crippen LogP contribution in [-0.4, -0.2) is 70.0 Å². The summed E-state index contributed by atoms with van der Waals surface area (Å²) in [5.74, 6) is -0.925. The highest BCUT2D eigenvalue weighted by atomic mass is 31.2. The zero-order valence-corrected chi connectivity index (χ0v) is 42.9. The van der Waals surface area contributed by atoms with Gasteiger partial charge in [0.15, 0.2) is 6.10 Å². The first-order valence-electron chi connectivity index (χ1n) is 26.0. The van der Waals surface area contributed by atoms with Crippen LogP contribution in [-0.2, 0) is 32.7 Å². The van der Waals surface area contributed by atoms with Crippen molar-refractivity contribution >= 4 is 19.8 Å². The van der Waals surface area contributed by atoms with Crippen LogP contribution in [0.3, 0.4) is 0 Å². The van der Waals surface area contributed by atoms with Crippen molar-refractivity contribution in [1.82, 2.24) is 0 Å². The van der Waals surface area contributed by atoms with Gasteiger partial charge in [-0.3, -0.25) is 14.2 Å². The van der Waals surface area contributed by atoms with Crippen molar-refractivity contribution in [2.45, 2.75) is 225 Å². The van der Waals surface area contributed by atoms with Crippen LogP contribution in [0.1, 0.15) is 219 Å². The van der Waals surface area contributed by atoms with Gasteiger partial charge in [0, 0.05) is 12.8 Å². The SMILES string of the molecule is CCCCC/C=C\C/C=C\C/C=C\C/C=C\C/C=C\CCC(=O)O[C@H](COC(=O)CCCCCCCCCCCCCCCCCCCCCCC)COP(=O)([O-])OCC[N+](C)(C)C. The molecule has 64 heavy (non-hydrogen) atoms. The molecule has 10 heteroatoms. The number of carbonyl (C=O) groups excluding carboxylic acids is 2. The predicted molar refractivity (Wildman–Crippen MR) is 268 cm³/mol. The molecule has 0 heterocycles. The number of esters is 2. The number of ether oxygens (including phenoxy) is 2. The molecule has 0 rings (SSSR count). The van der Waals surface area contributed by atoms with Gasteiger partial charge in [0.05, 0.1) is 27.7 Å². The first-order chi connectivity index (χ1) is 31.0. The highest BCUT2D eigenvalue weighted by Crippen LogP contribution is 2.38. The number of hydrogen-bond donors (Lipinski definition) is 0. The molecular formula is C54H98NO8P. The first-order valence-corrected chi connectivity index (χ1v) is 27.5. The summed E-state index contributed by atoms with van der Waals surface area (Å²) in [5.41, 5.74) is 0.